The molecule has 0 radical (unpaired) electrons. The fraction of sp³-hybridized carbons (Fsp3) is 0.773. The number of carbonyl (C=O) groups excluding carboxylic acids is 1. The molecule has 8 nitrogen and oxygen atoms in total. The van der Waals surface area contributed by atoms with Crippen LogP contribution in [0.25, 0.3) is 0 Å². The SMILES string of the molecule is CCCCCC(=O)ON1CCN(c2cc(N3CCCC3)nc(N3CCCC3)n2)CC1. The molecule has 166 valence electrons. The highest BCUT2D eigenvalue weighted by molar-refractivity contribution is 5.69. The Balaban J connectivity index is 1.39. The van der Waals surface area contributed by atoms with Crippen LogP contribution in [-0.4, -0.2) is 73.4 Å². The molecular weight excluding hydrogens is 380 g/mol. The van der Waals surface area contributed by atoms with Crippen molar-refractivity contribution in [1.82, 2.24) is 15.0 Å². The lowest BCUT2D eigenvalue weighted by molar-refractivity contribution is -0.191. The number of unbranched alkanes of at least 4 members (excludes halogenated alkanes) is 2. The Kier molecular flexibility index (Phi) is 7.25. The van der Waals surface area contributed by atoms with Crippen LogP contribution in [0.4, 0.5) is 17.6 Å². The van der Waals surface area contributed by atoms with Crippen molar-refractivity contribution in [3.05, 3.63) is 6.07 Å². The summed E-state index contributed by atoms with van der Waals surface area (Å²) >= 11 is 0. The Morgan fingerprint density at radius 1 is 0.833 bits per heavy atom. The van der Waals surface area contributed by atoms with Crippen molar-refractivity contribution in [3.8, 4) is 0 Å². The number of aromatic nitrogens is 2. The van der Waals surface area contributed by atoms with E-state index in [9.17, 15) is 4.79 Å². The van der Waals surface area contributed by atoms with Crippen LogP contribution in [-0.2, 0) is 9.63 Å². The summed E-state index contributed by atoms with van der Waals surface area (Å²) in [5.74, 6) is 2.83. The van der Waals surface area contributed by atoms with E-state index in [1.165, 1.54) is 25.7 Å². The van der Waals surface area contributed by atoms with Gasteiger partial charge in [0.05, 0.1) is 13.1 Å². The predicted molar refractivity (Wildman–Crippen MR) is 119 cm³/mol. The minimum absolute atomic E-state index is 0.105. The van der Waals surface area contributed by atoms with Crippen molar-refractivity contribution in [1.29, 1.82) is 0 Å². The molecule has 30 heavy (non-hydrogen) atoms. The molecule has 3 fully saturated rings. The molecule has 0 saturated carbocycles. The molecule has 3 saturated heterocycles. The van der Waals surface area contributed by atoms with Crippen LogP contribution in [0.3, 0.4) is 0 Å². The van der Waals surface area contributed by atoms with E-state index in [-0.39, 0.29) is 5.97 Å². The first-order valence-corrected chi connectivity index (χ1v) is 11.8. The highest BCUT2D eigenvalue weighted by Gasteiger charge is 2.25. The Morgan fingerprint density at radius 3 is 2.00 bits per heavy atom. The molecule has 3 aliphatic rings. The zero-order valence-electron chi connectivity index (χ0n) is 18.4. The van der Waals surface area contributed by atoms with Gasteiger partial charge < -0.3 is 19.5 Å². The van der Waals surface area contributed by atoms with Gasteiger partial charge in [-0.2, -0.15) is 9.97 Å². The van der Waals surface area contributed by atoms with E-state index in [4.69, 9.17) is 14.8 Å². The molecule has 0 N–H and O–H groups in total. The van der Waals surface area contributed by atoms with Gasteiger partial charge in [-0.1, -0.05) is 19.8 Å². The Labute approximate surface area is 180 Å². The van der Waals surface area contributed by atoms with Gasteiger partial charge in [-0.3, -0.25) is 4.79 Å². The number of anilines is 3. The van der Waals surface area contributed by atoms with E-state index in [1.807, 2.05) is 5.06 Å². The standard InChI is InChI=1S/C22H36N6O2/c1-2-3-4-9-21(29)30-28-16-14-26(15-17-28)20-18-19(25-10-5-6-11-25)23-22(24-20)27-12-7-8-13-27/h18H,2-17H2,1H3. The zero-order valence-corrected chi connectivity index (χ0v) is 18.4. The third-order valence-corrected chi connectivity index (χ3v) is 6.28. The fourth-order valence-electron chi connectivity index (χ4n) is 4.46. The number of nitrogens with zero attached hydrogens (tertiary/aromatic N) is 6. The van der Waals surface area contributed by atoms with Crippen LogP contribution in [0.2, 0.25) is 0 Å². The second-order valence-corrected chi connectivity index (χ2v) is 8.61. The normalized spacial score (nSPS) is 20.2. The van der Waals surface area contributed by atoms with Gasteiger partial charge in [-0.25, -0.2) is 0 Å². The van der Waals surface area contributed by atoms with Crippen LogP contribution in [0.5, 0.6) is 0 Å². The van der Waals surface area contributed by atoms with Crippen LogP contribution in [0.1, 0.15) is 58.3 Å². The lowest BCUT2D eigenvalue weighted by atomic mass is 10.2. The monoisotopic (exact) mass is 416 g/mol. The number of hydrogen-bond acceptors (Lipinski definition) is 8. The molecule has 0 spiro atoms. The van der Waals surface area contributed by atoms with E-state index in [1.54, 1.807) is 0 Å². The number of hydrogen-bond donors (Lipinski definition) is 0. The molecule has 0 unspecified atom stereocenters. The highest BCUT2D eigenvalue weighted by atomic mass is 16.7. The van der Waals surface area contributed by atoms with E-state index in [2.05, 4.69) is 27.7 Å². The van der Waals surface area contributed by atoms with Crippen molar-refractivity contribution in [3.63, 3.8) is 0 Å². The molecule has 3 aliphatic heterocycles. The summed E-state index contributed by atoms with van der Waals surface area (Å²) in [7, 11) is 0. The molecule has 8 heteroatoms. The smallest absolute Gasteiger partial charge is 0.325 e. The third-order valence-electron chi connectivity index (χ3n) is 6.28. The minimum atomic E-state index is -0.105. The van der Waals surface area contributed by atoms with Gasteiger partial charge in [0.15, 0.2) is 0 Å². The largest absolute Gasteiger partial charge is 0.368 e. The van der Waals surface area contributed by atoms with Gasteiger partial charge in [0.1, 0.15) is 11.6 Å². The van der Waals surface area contributed by atoms with Crippen LogP contribution >= 0.6 is 0 Å². The molecule has 0 bridgehead atoms. The van der Waals surface area contributed by atoms with E-state index < -0.39 is 0 Å². The molecule has 0 aromatic carbocycles. The summed E-state index contributed by atoms with van der Waals surface area (Å²) in [5, 5.41) is 1.81. The Hall–Kier alpha value is -2.09. The fourth-order valence-corrected chi connectivity index (χ4v) is 4.46. The predicted octanol–water partition coefficient (Wildman–Crippen LogP) is 2.84. The lowest BCUT2D eigenvalue weighted by Gasteiger charge is -2.34. The lowest BCUT2D eigenvalue weighted by Crippen LogP contribution is -2.47. The zero-order chi connectivity index (χ0) is 20.8. The van der Waals surface area contributed by atoms with Crippen molar-refractivity contribution < 1.29 is 9.63 Å². The van der Waals surface area contributed by atoms with Gasteiger partial charge in [-0.05, 0) is 32.1 Å². The molecule has 4 rings (SSSR count). The van der Waals surface area contributed by atoms with Crippen molar-refractivity contribution >= 4 is 23.6 Å². The van der Waals surface area contributed by atoms with Gasteiger partial charge in [-0.15, -0.1) is 5.06 Å². The molecule has 0 atom stereocenters. The Bertz CT molecular complexity index is 661. The number of piperazine rings is 1. The Morgan fingerprint density at radius 2 is 1.40 bits per heavy atom. The molecule has 4 heterocycles. The quantitative estimate of drug-likeness (QED) is 0.600. The maximum absolute atomic E-state index is 12.0. The van der Waals surface area contributed by atoms with E-state index in [0.717, 1.165) is 76.1 Å². The van der Waals surface area contributed by atoms with Crippen LogP contribution in [0.15, 0.2) is 6.07 Å². The molecule has 1 aromatic rings. The van der Waals surface area contributed by atoms with Gasteiger partial charge in [0.25, 0.3) is 0 Å². The van der Waals surface area contributed by atoms with Crippen molar-refractivity contribution in [2.45, 2.75) is 58.3 Å². The highest BCUT2D eigenvalue weighted by Crippen LogP contribution is 2.27. The second kappa shape index (κ2) is 10.3. The third kappa shape index (κ3) is 5.33. The molecule has 0 aliphatic carbocycles. The average molecular weight is 417 g/mol. The number of carbonyl (C=O) groups is 1. The van der Waals surface area contributed by atoms with Crippen molar-refractivity contribution in [2.75, 3.05) is 67.1 Å². The second-order valence-electron chi connectivity index (χ2n) is 8.61. The first kappa shape index (κ1) is 21.2. The average Bonchev–Trinajstić information content (AvgIpc) is 3.48. The van der Waals surface area contributed by atoms with Gasteiger partial charge in [0.2, 0.25) is 5.95 Å². The first-order chi connectivity index (χ1) is 14.7. The molecule has 0 amide bonds. The summed E-state index contributed by atoms with van der Waals surface area (Å²) < 4.78 is 0. The van der Waals surface area contributed by atoms with Crippen molar-refractivity contribution in [2.24, 2.45) is 0 Å². The topological polar surface area (TPSA) is 65.0 Å². The van der Waals surface area contributed by atoms with E-state index in [0.29, 0.717) is 19.5 Å². The first-order valence-electron chi connectivity index (χ1n) is 11.8. The van der Waals surface area contributed by atoms with E-state index >= 15 is 0 Å². The summed E-state index contributed by atoms with van der Waals surface area (Å²) in [5.41, 5.74) is 0. The number of rotatable bonds is 8. The van der Waals surface area contributed by atoms with Gasteiger partial charge in [0, 0.05) is 51.8 Å². The van der Waals surface area contributed by atoms with Gasteiger partial charge >= 0.3 is 5.97 Å². The molecular formula is C22H36N6O2. The maximum Gasteiger partial charge on any atom is 0.325 e. The summed E-state index contributed by atoms with van der Waals surface area (Å²) in [4.78, 5) is 34.4. The molecule has 1 aromatic heterocycles. The maximum atomic E-state index is 12.0. The van der Waals surface area contributed by atoms with Crippen LogP contribution < -0.4 is 14.7 Å². The minimum Gasteiger partial charge on any atom is -0.368 e. The van der Waals surface area contributed by atoms with Crippen LogP contribution in [0, 0.1) is 0 Å². The number of hydroxylamine groups is 2. The summed E-state index contributed by atoms with van der Waals surface area (Å²) in [6, 6.07) is 2.15. The summed E-state index contributed by atoms with van der Waals surface area (Å²) in [6.45, 7) is 9.42. The summed E-state index contributed by atoms with van der Waals surface area (Å²) in [6.07, 6.45) is 8.53.